The Hall–Kier alpha value is -3.93. The lowest BCUT2D eigenvalue weighted by Crippen LogP contribution is -2.50. The molecule has 0 bridgehead atoms. The number of anilines is 1. The number of fused-ring (bicyclic) bond motifs is 1. The third kappa shape index (κ3) is 6.75. The van der Waals surface area contributed by atoms with Crippen LogP contribution in [0.4, 0.5) is 10.5 Å². The summed E-state index contributed by atoms with van der Waals surface area (Å²) in [5, 5.41) is 12.8. The molecule has 0 aromatic heterocycles. The van der Waals surface area contributed by atoms with Crippen LogP contribution < -0.4 is 10.1 Å². The number of urea groups is 1. The maximum atomic E-state index is 13.8. The van der Waals surface area contributed by atoms with E-state index >= 15 is 0 Å². The van der Waals surface area contributed by atoms with Gasteiger partial charge in [0.2, 0.25) is 10.0 Å². The zero-order valence-corrected chi connectivity index (χ0v) is 25.3. The molecule has 224 valence electrons. The van der Waals surface area contributed by atoms with Gasteiger partial charge in [-0.1, -0.05) is 43.3 Å². The molecule has 42 heavy (non-hydrogen) atoms. The fourth-order valence-electron chi connectivity index (χ4n) is 4.81. The van der Waals surface area contributed by atoms with Gasteiger partial charge in [0.05, 0.1) is 13.2 Å². The highest BCUT2D eigenvalue weighted by Gasteiger charge is 2.38. The molecule has 0 aliphatic carbocycles. The molecule has 0 unspecified atom stereocenters. The lowest BCUT2D eigenvalue weighted by molar-refractivity contribution is 0.0827. The van der Waals surface area contributed by atoms with E-state index in [1.54, 1.807) is 70.5 Å². The predicted molar refractivity (Wildman–Crippen MR) is 162 cm³/mol. The molecule has 0 saturated carbocycles. The first-order valence-corrected chi connectivity index (χ1v) is 15.2. The van der Waals surface area contributed by atoms with Gasteiger partial charge in [-0.3, -0.25) is 4.79 Å². The van der Waals surface area contributed by atoms with Gasteiger partial charge in [-0.05, 0) is 54.4 Å². The van der Waals surface area contributed by atoms with E-state index in [0.29, 0.717) is 16.8 Å². The summed E-state index contributed by atoms with van der Waals surface area (Å²) in [4.78, 5) is 28.5. The van der Waals surface area contributed by atoms with Gasteiger partial charge in [-0.25, -0.2) is 13.2 Å². The Bertz CT molecular complexity index is 1530. The van der Waals surface area contributed by atoms with Gasteiger partial charge in [0, 0.05) is 50.9 Å². The van der Waals surface area contributed by atoms with Gasteiger partial charge in [-0.15, -0.1) is 0 Å². The Morgan fingerprint density at radius 1 is 1.02 bits per heavy atom. The van der Waals surface area contributed by atoms with Gasteiger partial charge in [-0.2, -0.15) is 4.31 Å². The number of hydrogen-bond acceptors (Lipinski definition) is 6. The Kier molecular flexibility index (Phi) is 9.55. The van der Waals surface area contributed by atoms with Crippen molar-refractivity contribution >= 4 is 27.6 Å². The van der Waals surface area contributed by atoms with Crippen molar-refractivity contribution in [2.45, 2.75) is 30.9 Å². The second kappa shape index (κ2) is 12.9. The van der Waals surface area contributed by atoms with E-state index in [0.717, 1.165) is 5.56 Å². The number of aliphatic hydroxyl groups is 1. The topological polar surface area (TPSA) is 119 Å². The molecule has 1 heterocycles. The second-order valence-corrected chi connectivity index (χ2v) is 12.7. The summed E-state index contributed by atoms with van der Waals surface area (Å²) < 4.78 is 35.4. The maximum Gasteiger partial charge on any atom is 0.321 e. The largest absolute Gasteiger partial charge is 0.487 e. The smallest absolute Gasteiger partial charge is 0.321 e. The van der Waals surface area contributed by atoms with Crippen molar-refractivity contribution in [2.24, 2.45) is 5.92 Å². The fourth-order valence-corrected chi connectivity index (χ4v) is 6.63. The molecule has 4 rings (SSSR count). The Morgan fingerprint density at radius 3 is 2.38 bits per heavy atom. The van der Waals surface area contributed by atoms with E-state index in [1.165, 1.54) is 20.2 Å². The summed E-state index contributed by atoms with van der Waals surface area (Å²) in [6.07, 6.45) is -0.573. The molecule has 0 radical (unpaired) electrons. The Labute approximate surface area is 247 Å². The number of hydrogen-bond donors (Lipinski definition) is 2. The van der Waals surface area contributed by atoms with E-state index in [1.807, 2.05) is 31.2 Å². The van der Waals surface area contributed by atoms with Crippen molar-refractivity contribution in [1.29, 1.82) is 0 Å². The first-order valence-electron chi connectivity index (χ1n) is 13.7. The zero-order chi connectivity index (χ0) is 30.6. The molecule has 3 aromatic rings. The number of likely N-dealkylation sites (N-methyl/N-ethyl adjacent to an activating group) is 1. The van der Waals surface area contributed by atoms with Crippen LogP contribution in [0.15, 0.2) is 77.7 Å². The molecule has 0 fully saturated rings. The highest BCUT2D eigenvalue weighted by molar-refractivity contribution is 7.89. The number of sulfonamides is 1. The van der Waals surface area contributed by atoms with Crippen molar-refractivity contribution in [1.82, 2.24) is 14.1 Å². The van der Waals surface area contributed by atoms with Gasteiger partial charge in [0.15, 0.2) is 0 Å². The van der Waals surface area contributed by atoms with Crippen molar-refractivity contribution in [3.8, 4) is 16.9 Å². The number of rotatable bonds is 7. The number of nitrogens with zero attached hydrogens (tertiary/aromatic N) is 3. The van der Waals surface area contributed by atoms with Gasteiger partial charge < -0.3 is 25.0 Å². The standard InChI is InChI=1S/C31H38N4O6S/c1-21-18-35(22(2)20-36)42(39,40)29-15-14-24(23-10-9-11-25(16-23)30(37)33(3)4)17-27(29)41-28(21)19-34(5)31(38)32-26-12-7-6-8-13-26/h6-17,21-22,28,36H,18-20H2,1-5H3,(H,32,38)/t21-,22+,28+/m1/s1. The lowest BCUT2D eigenvalue weighted by Gasteiger charge is -2.37. The molecule has 1 aliphatic rings. The average molecular weight is 595 g/mol. The highest BCUT2D eigenvalue weighted by Crippen LogP contribution is 2.37. The molecule has 1 aliphatic heterocycles. The van der Waals surface area contributed by atoms with Crippen molar-refractivity contribution < 1.29 is 27.9 Å². The molecule has 3 atom stereocenters. The highest BCUT2D eigenvalue weighted by atomic mass is 32.2. The summed E-state index contributed by atoms with van der Waals surface area (Å²) in [6.45, 7) is 3.45. The van der Waals surface area contributed by atoms with E-state index < -0.39 is 22.2 Å². The van der Waals surface area contributed by atoms with Crippen LogP contribution in [-0.4, -0.2) is 92.6 Å². The molecular weight excluding hydrogens is 556 g/mol. The molecule has 11 heteroatoms. The molecule has 0 saturated heterocycles. The summed E-state index contributed by atoms with van der Waals surface area (Å²) in [7, 11) is 0.977. The van der Waals surface area contributed by atoms with E-state index in [-0.39, 0.29) is 48.2 Å². The van der Waals surface area contributed by atoms with E-state index in [9.17, 15) is 23.1 Å². The quantitative estimate of drug-likeness (QED) is 0.427. The molecular formula is C31H38N4O6S. The number of carbonyl (C=O) groups is 2. The number of aliphatic hydroxyl groups excluding tert-OH is 1. The second-order valence-electron chi connectivity index (χ2n) is 10.9. The van der Waals surface area contributed by atoms with Crippen LogP contribution >= 0.6 is 0 Å². The monoisotopic (exact) mass is 594 g/mol. The molecule has 3 aromatic carbocycles. The minimum Gasteiger partial charge on any atom is -0.487 e. The van der Waals surface area contributed by atoms with Gasteiger partial charge in [0.1, 0.15) is 16.7 Å². The zero-order valence-electron chi connectivity index (χ0n) is 24.5. The molecule has 10 nitrogen and oxygen atoms in total. The SMILES string of the molecule is C[C@@H]1CN([C@@H](C)CO)S(=O)(=O)c2ccc(-c3cccc(C(=O)N(C)C)c3)cc2O[C@H]1CN(C)C(=O)Nc1ccccc1. The Balaban J connectivity index is 1.72. The maximum absolute atomic E-state index is 13.8. The minimum atomic E-state index is -4.03. The summed E-state index contributed by atoms with van der Waals surface area (Å²) in [6, 6.07) is 20.0. The van der Waals surface area contributed by atoms with Crippen LogP contribution in [-0.2, 0) is 10.0 Å². The number of para-hydroxylation sites is 1. The third-order valence-corrected chi connectivity index (χ3v) is 9.36. The number of benzene rings is 3. The predicted octanol–water partition coefficient (Wildman–Crippen LogP) is 3.99. The van der Waals surface area contributed by atoms with E-state index in [4.69, 9.17) is 4.74 Å². The normalized spacial score (nSPS) is 18.9. The van der Waals surface area contributed by atoms with Crippen molar-refractivity contribution in [2.75, 3.05) is 46.2 Å². The number of nitrogens with one attached hydrogen (secondary N) is 1. The van der Waals surface area contributed by atoms with Gasteiger partial charge >= 0.3 is 6.03 Å². The number of ether oxygens (including phenoxy) is 1. The summed E-state index contributed by atoms with van der Waals surface area (Å²) >= 11 is 0. The molecule has 3 amide bonds. The van der Waals surface area contributed by atoms with Crippen LogP contribution in [0.3, 0.4) is 0 Å². The molecule has 0 spiro atoms. The van der Waals surface area contributed by atoms with Crippen molar-refractivity contribution in [3.63, 3.8) is 0 Å². The van der Waals surface area contributed by atoms with Crippen LogP contribution in [0.5, 0.6) is 5.75 Å². The summed E-state index contributed by atoms with van der Waals surface area (Å²) in [5.74, 6) is -0.347. The minimum absolute atomic E-state index is 0.0274. The van der Waals surface area contributed by atoms with Crippen molar-refractivity contribution in [3.05, 3.63) is 78.4 Å². The van der Waals surface area contributed by atoms with E-state index in [2.05, 4.69) is 5.32 Å². The average Bonchev–Trinajstić information content (AvgIpc) is 2.98. The van der Waals surface area contributed by atoms with Crippen LogP contribution in [0.1, 0.15) is 24.2 Å². The van der Waals surface area contributed by atoms with Crippen LogP contribution in [0.2, 0.25) is 0 Å². The summed E-state index contributed by atoms with van der Waals surface area (Å²) in [5.41, 5.74) is 2.54. The fraction of sp³-hybridized carbons (Fsp3) is 0.355. The first kappa shape index (κ1) is 31.0. The van der Waals surface area contributed by atoms with Crippen LogP contribution in [0, 0.1) is 5.92 Å². The third-order valence-electron chi connectivity index (χ3n) is 7.34. The first-order chi connectivity index (χ1) is 19.9. The van der Waals surface area contributed by atoms with Crippen LogP contribution in [0.25, 0.3) is 11.1 Å². The Morgan fingerprint density at radius 2 is 1.71 bits per heavy atom. The number of carbonyl (C=O) groups excluding carboxylic acids is 2. The lowest BCUT2D eigenvalue weighted by atomic mass is 10.0. The van der Waals surface area contributed by atoms with Gasteiger partial charge in [0.25, 0.3) is 5.91 Å². The number of amides is 3. The molecule has 2 N–H and O–H groups in total.